The van der Waals surface area contributed by atoms with E-state index in [2.05, 4.69) is 4.99 Å². The van der Waals surface area contributed by atoms with Crippen LogP contribution in [-0.2, 0) is 5.60 Å². The molecule has 1 fully saturated rings. The SMILES string of the molecule is Cc1cc(C(C)(O)c2ccccc2)ccc1C1=NC(C2CC(C)(O)C2)=C2C=NC=C[N+]12N. The molecule has 2 atom stereocenters. The smallest absolute Gasteiger partial charge is 0.265 e. The van der Waals surface area contributed by atoms with Crippen LogP contribution in [0.5, 0.6) is 0 Å². The van der Waals surface area contributed by atoms with Gasteiger partial charge in [0.25, 0.3) is 5.84 Å². The van der Waals surface area contributed by atoms with Crippen molar-refractivity contribution in [1.29, 1.82) is 0 Å². The van der Waals surface area contributed by atoms with Gasteiger partial charge in [-0.2, -0.15) is 10.8 Å². The summed E-state index contributed by atoms with van der Waals surface area (Å²) in [5.41, 5.74) is 3.56. The molecule has 2 aromatic rings. The Hall–Kier alpha value is -2.90. The lowest BCUT2D eigenvalue weighted by molar-refractivity contribution is -0.750. The largest absolute Gasteiger partial charge is 0.390 e. The first-order valence-corrected chi connectivity index (χ1v) is 11.0. The van der Waals surface area contributed by atoms with Crippen molar-refractivity contribution < 1.29 is 14.8 Å². The van der Waals surface area contributed by atoms with E-state index in [0.29, 0.717) is 12.8 Å². The fourth-order valence-corrected chi connectivity index (χ4v) is 5.03. The fourth-order valence-electron chi connectivity index (χ4n) is 5.03. The van der Waals surface area contributed by atoms with Gasteiger partial charge in [0.05, 0.1) is 23.6 Å². The summed E-state index contributed by atoms with van der Waals surface area (Å²) in [6, 6.07) is 15.6. The minimum absolute atomic E-state index is 0.0350. The average Bonchev–Trinajstić information content (AvgIpc) is 3.05. The summed E-state index contributed by atoms with van der Waals surface area (Å²) in [6.45, 7) is 5.68. The van der Waals surface area contributed by atoms with Crippen molar-refractivity contribution in [3.8, 4) is 0 Å². The van der Waals surface area contributed by atoms with Crippen LogP contribution in [0.15, 0.2) is 82.3 Å². The fraction of sp³-hybridized carbons (Fsp3) is 0.308. The number of benzene rings is 2. The number of nitrogens with two attached hydrogens (primary N) is 1. The van der Waals surface area contributed by atoms with E-state index in [4.69, 9.17) is 10.8 Å². The van der Waals surface area contributed by atoms with E-state index in [-0.39, 0.29) is 10.5 Å². The van der Waals surface area contributed by atoms with Crippen molar-refractivity contribution >= 4 is 12.1 Å². The van der Waals surface area contributed by atoms with Crippen molar-refractivity contribution in [3.63, 3.8) is 0 Å². The second-order valence-electron chi connectivity index (χ2n) is 9.63. The van der Waals surface area contributed by atoms with Crippen LogP contribution < -0.4 is 5.84 Å². The molecule has 4 N–H and O–H groups in total. The quantitative estimate of drug-likeness (QED) is 0.512. The standard InChI is InChI=1S/C26H29N4O2/c1-17-13-20(26(3,32)19-7-5-4-6-8-19)9-10-21(17)24-29-23(18-14-25(2,31)15-18)22-16-28-11-12-30(22,24)27/h4-13,16,18,31-32H,14-15,27H2,1-3H3/q+1. The van der Waals surface area contributed by atoms with Gasteiger partial charge in [0.15, 0.2) is 0 Å². The zero-order valence-electron chi connectivity index (χ0n) is 18.7. The van der Waals surface area contributed by atoms with Crippen LogP contribution in [0.3, 0.4) is 0 Å². The summed E-state index contributed by atoms with van der Waals surface area (Å²) in [5, 5.41) is 21.5. The molecule has 0 amide bonds. The lowest BCUT2D eigenvalue weighted by Gasteiger charge is -2.40. The Morgan fingerprint density at radius 3 is 2.50 bits per heavy atom. The Morgan fingerprint density at radius 1 is 1.12 bits per heavy atom. The van der Waals surface area contributed by atoms with Gasteiger partial charge in [-0.05, 0) is 56.4 Å². The number of aliphatic hydroxyl groups is 2. The lowest BCUT2D eigenvalue weighted by Crippen LogP contribution is -2.53. The molecular weight excluding hydrogens is 400 g/mol. The Labute approximate surface area is 188 Å². The summed E-state index contributed by atoms with van der Waals surface area (Å²) in [6.07, 6.45) is 6.65. The summed E-state index contributed by atoms with van der Waals surface area (Å²) >= 11 is 0. The molecule has 0 aromatic heterocycles. The molecule has 1 saturated carbocycles. The van der Waals surface area contributed by atoms with Crippen LogP contribution in [0, 0.1) is 12.8 Å². The van der Waals surface area contributed by atoms with Gasteiger partial charge < -0.3 is 10.2 Å². The molecular formula is C26H29N4O2+. The van der Waals surface area contributed by atoms with E-state index < -0.39 is 11.2 Å². The molecule has 0 saturated heterocycles. The normalized spacial score (nSPS) is 30.6. The van der Waals surface area contributed by atoms with Crippen molar-refractivity contribution in [3.05, 3.63) is 94.6 Å². The maximum Gasteiger partial charge on any atom is 0.265 e. The molecule has 0 spiro atoms. The Bertz CT molecular complexity index is 1200. The molecule has 6 heteroatoms. The minimum Gasteiger partial charge on any atom is -0.390 e. The van der Waals surface area contributed by atoms with Gasteiger partial charge in [0.2, 0.25) is 5.70 Å². The molecule has 2 aromatic carbocycles. The molecule has 0 bridgehead atoms. The lowest BCUT2D eigenvalue weighted by atomic mass is 9.70. The number of quaternary nitrogens is 1. The van der Waals surface area contributed by atoms with Crippen molar-refractivity contribution in [2.75, 3.05) is 0 Å². The number of amidine groups is 1. The molecule has 164 valence electrons. The van der Waals surface area contributed by atoms with Crippen molar-refractivity contribution in [2.45, 2.75) is 44.8 Å². The zero-order valence-corrected chi connectivity index (χ0v) is 18.7. The van der Waals surface area contributed by atoms with Gasteiger partial charge in [-0.25, -0.2) is 0 Å². The van der Waals surface area contributed by atoms with E-state index in [1.807, 2.05) is 75.5 Å². The molecule has 1 aliphatic carbocycles. The van der Waals surface area contributed by atoms with E-state index in [9.17, 15) is 10.2 Å². The van der Waals surface area contributed by atoms with Crippen molar-refractivity contribution in [2.24, 2.45) is 21.7 Å². The van der Waals surface area contributed by atoms with Crippen LogP contribution in [0.4, 0.5) is 0 Å². The number of fused-ring (bicyclic) bond motifs is 1. The first-order chi connectivity index (χ1) is 15.1. The predicted octanol–water partition coefficient (Wildman–Crippen LogP) is 3.63. The number of allylic oxidation sites excluding steroid dienone is 2. The van der Waals surface area contributed by atoms with Crippen LogP contribution in [0.1, 0.15) is 48.9 Å². The monoisotopic (exact) mass is 429 g/mol. The maximum atomic E-state index is 11.3. The highest BCUT2D eigenvalue weighted by atomic mass is 16.3. The molecule has 2 aliphatic heterocycles. The number of aliphatic imine (C=N–C) groups is 2. The van der Waals surface area contributed by atoms with Gasteiger partial charge in [-0.15, -0.1) is 4.59 Å². The number of hydrogen-bond acceptors (Lipinski definition) is 5. The van der Waals surface area contributed by atoms with Gasteiger partial charge in [-0.3, -0.25) is 4.99 Å². The third-order valence-corrected chi connectivity index (χ3v) is 6.95. The summed E-state index contributed by atoms with van der Waals surface area (Å²) in [5.74, 6) is 7.75. The first-order valence-electron chi connectivity index (χ1n) is 11.0. The molecule has 2 heterocycles. The third-order valence-electron chi connectivity index (χ3n) is 6.95. The topological polar surface area (TPSA) is 91.2 Å². The van der Waals surface area contributed by atoms with Crippen LogP contribution in [0.25, 0.3) is 0 Å². The summed E-state index contributed by atoms with van der Waals surface area (Å²) in [4.78, 5) is 9.30. The van der Waals surface area contributed by atoms with E-state index in [1.165, 1.54) is 0 Å². The molecule has 2 unspecified atom stereocenters. The Kier molecular flexibility index (Phi) is 4.62. The summed E-state index contributed by atoms with van der Waals surface area (Å²) < 4.78 is -0.0350. The van der Waals surface area contributed by atoms with Crippen molar-refractivity contribution in [1.82, 2.24) is 0 Å². The zero-order chi connectivity index (χ0) is 22.7. The third kappa shape index (κ3) is 3.19. The van der Waals surface area contributed by atoms with E-state index >= 15 is 0 Å². The van der Waals surface area contributed by atoms with Crippen LogP contribution in [-0.4, -0.2) is 32.5 Å². The Balaban J connectivity index is 1.54. The minimum atomic E-state index is -1.11. The average molecular weight is 430 g/mol. The predicted molar refractivity (Wildman–Crippen MR) is 125 cm³/mol. The number of hydrogen-bond donors (Lipinski definition) is 3. The van der Waals surface area contributed by atoms with E-state index in [1.54, 1.807) is 12.4 Å². The van der Waals surface area contributed by atoms with Crippen LogP contribution >= 0.6 is 0 Å². The molecule has 6 nitrogen and oxygen atoms in total. The highest BCUT2D eigenvalue weighted by Crippen LogP contribution is 2.47. The van der Waals surface area contributed by atoms with Crippen LogP contribution in [0.2, 0.25) is 0 Å². The first kappa shape index (κ1) is 21.0. The molecule has 3 aliphatic rings. The molecule has 5 rings (SSSR count). The Morgan fingerprint density at radius 2 is 1.84 bits per heavy atom. The summed E-state index contributed by atoms with van der Waals surface area (Å²) in [7, 11) is 0. The number of nitrogens with zero attached hydrogens (tertiary/aromatic N) is 3. The molecule has 0 radical (unpaired) electrons. The highest BCUT2D eigenvalue weighted by Gasteiger charge is 2.50. The maximum absolute atomic E-state index is 11.3. The van der Waals surface area contributed by atoms with Gasteiger partial charge >= 0.3 is 0 Å². The second kappa shape index (κ2) is 7.05. The van der Waals surface area contributed by atoms with Gasteiger partial charge in [0.1, 0.15) is 17.5 Å². The number of aryl methyl sites for hydroxylation is 1. The van der Waals surface area contributed by atoms with E-state index in [0.717, 1.165) is 39.5 Å². The van der Waals surface area contributed by atoms with Gasteiger partial charge in [-0.1, -0.05) is 42.5 Å². The second-order valence-corrected chi connectivity index (χ2v) is 9.63. The highest BCUT2D eigenvalue weighted by molar-refractivity contribution is 6.01. The van der Waals surface area contributed by atoms with Gasteiger partial charge in [0, 0.05) is 5.92 Å². The molecule has 32 heavy (non-hydrogen) atoms. The number of rotatable bonds is 4.